The Morgan fingerprint density at radius 3 is 2.46 bits per heavy atom. The van der Waals surface area contributed by atoms with Crippen molar-refractivity contribution in [2.75, 3.05) is 13.1 Å². The molecule has 0 aliphatic carbocycles. The molecule has 0 fully saturated rings. The minimum atomic E-state index is -4.30. The molecule has 0 saturated carbocycles. The largest absolute Gasteiger partial charge is 0.464 e. The molecule has 0 saturated heterocycles. The number of furan rings is 1. The maximum atomic E-state index is 12.6. The molecule has 5 heteroatoms. The van der Waals surface area contributed by atoms with Crippen LogP contribution in [0, 0.1) is 0 Å². The van der Waals surface area contributed by atoms with Crippen molar-refractivity contribution in [2.45, 2.75) is 19.6 Å². The molecule has 0 radical (unpaired) electrons. The molecule has 0 aliphatic heterocycles. The summed E-state index contributed by atoms with van der Waals surface area (Å²) in [5.74, 6) is 0. The van der Waals surface area contributed by atoms with Gasteiger partial charge in [0.05, 0.1) is 11.8 Å². The zero-order valence-electron chi connectivity index (χ0n) is 14.5. The summed E-state index contributed by atoms with van der Waals surface area (Å²) in [4.78, 5) is 2.23. The fourth-order valence-electron chi connectivity index (χ4n) is 2.82. The van der Waals surface area contributed by atoms with Gasteiger partial charge in [0.15, 0.2) is 0 Å². The van der Waals surface area contributed by atoms with E-state index in [0.717, 1.165) is 47.3 Å². The molecular formula is C21H20F3NO. The first kappa shape index (κ1) is 18.3. The summed E-state index contributed by atoms with van der Waals surface area (Å²) in [6.45, 7) is 4.40. The summed E-state index contributed by atoms with van der Waals surface area (Å²) in [5.41, 5.74) is 2.13. The third-order valence-electron chi connectivity index (χ3n) is 4.31. The SMILES string of the molecule is CCN(C/C=C/c1ccc(C(F)(F)F)cc1)Cc1coc2ccccc12. The van der Waals surface area contributed by atoms with E-state index in [1.165, 1.54) is 12.1 Å². The molecule has 0 amide bonds. The van der Waals surface area contributed by atoms with Gasteiger partial charge in [-0.3, -0.25) is 4.90 Å². The molecule has 0 unspecified atom stereocenters. The monoisotopic (exact) mass is 359 g/mol. The van der Waals surface area contributed by atoms with Gasteiger partial charge in [-0.2, -0.15) is 13.2 Å². The molecule has 0 bridgehead atoms. The van der Waals surface area contributed by atoms with E-state index >= 15 is 0 Å². The highest BCUT2D eigenvalue weighted by molar-refractivity contribution is 5.80. The molecule has 2 aromatic carbocycles. The second-order valence-electron chi connectivity index (χ2n) is 6.11. The van der Waals surface area contributed by atoms with Crippen LogP contribution in [0.5, 0.6) is 0 Å². The summed E-state index contributed by atoms with van der Waals surface area (Å²) in [6, 6.07) is 13.1. The Morgan fingerprint density at radius 1 is 1.04 bits per heavy atom. The number of para-hydroxylation sites is 1. The molecule has 0 aliphatic rings. The van der Waals surface area contributed by atoms with E-state index in [9.17, 15) is 13.2 Å². The van der Waals surface area contributed by atoms with Crippen molar-refractivity contribution >= 4 is 17.0 Å². The highest BCUT2D eigenvalue weighted by Crippen LogP contribution is 2.29. The van der Waals surface area contributed by atoms with Crippen LogP contribution in [0.4, 0.5) is 13.2 Å². The Labute approximate surface area is 150 Å². The van der Waals surface area contributed by atoms with E-state index in [1.54, 1.807) is 6.26 Å². The van der Waals surface area contributed by atoms with Crippen LogP contribution in [0.1, 0.15) is 23.6 Å². The van der Waals surface area contributed by atoms with Crippen molar-refractivity contribution in [2.24, 2.45) is 0 Å². The van der Waals surface area contributed by atoms with Crippen LogP contribution in [0.15, 0.2) is 65.3 Å². The van der Waals surface area contributed by atoms with Gasteiger partial charge in [-0.1, -0.05) is 49.4 Å². The number of rotatable bonds is 6. The summed E-state index contributed by atoms with van der Waals surface area (Å²) < 4.78 is 43.3. The standard InChI is InChI=1S/C21H20F3NO/c1-2-25(14-17-15-26-20-8-4-3-7-19(17)20)13-5-6-16-9-11-18(12-10-16)21(22,23)24/h3-12,15H,2,13-14H2,1H3/b6-5+. The highest BCUT2D eigenvalue weighted by atomic mass is 19.4. The highest BCUT2D eigenvalue weighted by Gasteiger charge is 2.29. The third-order valence-corrected chi connectivity index (χ3v) is 4.31. The molecule has 3 aromatic rings. The van der Waals surface area contributed by atoms with Crippen LogP contribution >= 0.6 is 0 Å². The molecule has 1 aromatic heterocycles. The smallest absolute Gasteiger partial charge is 0.416 e. The van der Waals surface area contributed by atoms with Gasteiger partial charge in [0.25, 0.3) is 0 Å². The fourth-order valence-corrected chi connectivity index (χ4v) is 2.82. The first-order valence-corrected chi connectivity index (χ1v) is 8.48. The van der Waals surface area contributed by atoms with Crippen molar-refractivity contribution in [1.29, 1.82) is 0 Å². The number of benzene rings is 2. The fraction of sp³-hybridized carbons (Fsp3) is 0.238. The molecule has 26 heavy (non-hydrogen) atoms. The number of hydrogen-bond donors (Lipinski definition) is 0. The lowest BCUT2D eigenvalue weighted by Gasteiger charge is -2.17. The Balaban J connectivity index is 1.62. The van der Waals surface area contributed by atoms with Crippen LogP contribution < -0.4 is 0 Å². The number of hydrogen-bond acceptors (Lipinski definition) is 2. The van der Waals surface area contributed by atoms with E-state index in [2.05, 4.69) is 11.8 Å². The average molecular weight is 359 g/mol. The Morgan fingerprint density at radius 2 is 1.77 bits per heavy atom. The van der Waals surface area contributed by atoms with Gasteiger partial charge in [-0.05, 0) is 30.3 Å². The van der Waals surface area contributed by atoms with Crippen molar-refractivity contribution < 1.29 is 17.6 Å². The number of likely N-dealkylation sites (N-methyl/N-ethyl adjacent to an activating group) is 1. The van der Waals surface area contributed by atoms with Crippen LogP contribution in [0.2, 0.25) is 0 Å². The van der Waals surface area contributed by atoms with E-state index < -0.39 is 11.7 Å². The molecule has 0 N–H and O–H groups in total. The summed E-state index contributed by atoms with van der Waals surface area (Å²) in [6.07, 6.45) is 1.30. The summed E-state index contributed by atoms with van der Waals surface area (Å²) in [5, 5.41) is 1.11. The van der Waals surface area contributed by atoms with Crippen LogP contribution in [0.25, 0.3) is 17.0 Å². The minimum Gasteiger partial charge on any atom is -0.464 e. The summed E-state index contributed by atoms with van der Waals surface area (Å²) >= 11 is 0. The zero-order chi connectivity index (χ0) is 18.6. The van der Waals surface area contributed by atoms with Gasteiger partial charge < -0.3 is 4.42 Å². The predicted molar refractivity (Wildman–Crippen MR) is 97.6 cm³/mol. The number of halogens is 3. The number of fused-ring (bicyclic) bond motifs is 1. The molecule has 2 nitrogen and oxygen atoms in total. The van der Waals surface area contributed by atoms with Gasteiger partial charge >= 0.3 is 6.18 Å². The van der Waals surface area contributed by atoms with Gasteiger partial charge in [-0.25, -0.2) is 0 Å². The Kier molecular flexibility index (Phi) is 5.47. The Bertz CT molecular complexity index is 878. The topological polar surface area (TPSA) is 16.4 Å². The van der Waals surface area contributed by atoms with Crippen LogP contribution in [-0.2, 0) is 12.7 Å². The maximum Gasteiger partial charge on any atom is 0.416 e. The van der Waals surface area contributed by atoms with E-state index in [1.807, 2.05) is 36.4 Å². The second kappa shape index (κ2) is 7.79. The van der Waals surface area contributed by atoms with E-state index in [0.29, 0.717) is 6.54 Å². The quantitative estimate of drug-likeness (QED) is 0.538. The lowest BCUT2D eigenvalue weighted by Crippen LogP contribution is -2.22. The lowest BCUT2D eigenvalue weighted by molar-refractivity contribution is -0.137. The molecule has 1 heterocycles. The zero-order valence-corrected chi connectivity index (χ0v) is 14.5. The van der Waals surface area contributed by atoms with Crippen molar-refractivity contribution in [1.82, 2.24) is 4.90 Å². The average Bonchev–Trinajstić information content (AvgIpc) is 3.03. The Hall–Kier alpha value is -2.53. The van der Waals surface area contributed by atoms with Crippen LogP contribution in [-0.4, -0.2) is 18.0 Å². The van der Waals surface area contributed by atoms with Gasteiger partial charge in [-0.15, -0.1) is 0 Å². The molecule has 136 valence electrons. The number of nitrogens with zero attached hydrogens (tertiary/aromatic N) is 1. The number of alkyl halides is 3. The predicted octanol–water partition coefficient (Wildman–Crippen LogP) is 5.99. The van der Waals surface area contributed by atoms with Crippen molar-refractivity contribution in [3.05, 3.63) is 77.6 Å². The van der Waals surface area contributed by atoms with Gasteiger partial charge in [0.2, 0.25) is 0 Å². The third kappa shape index (κ3) is 4.35. The van der Waals surface area contributed by atoms with Crippen molar-refractivity contribution in [3.63, 3.8) is 0 Å². The minimum absolute atomic E-state index is 0.628. The molecular weight excluding hydrogens is 339 g/mol. The first-order chi connectivity index (χ1) is 12.5. The molecule has 0 spiro atoms. The molecule has 3 rings (SSSR count). The lowest BCUT2D eigenvalue weighted by atomic mass is 10.1. The maximum absolute atomic E-state index is 12.6. The second-order valence-corrected chi connectivity index (χ2v) is 6.11. The van der Waals surface area contributed by atoms with Crippen LogP contribution in [0.3, 0.4) is 0 Å². The first-order valence-electron chi connectivity index (χ1n) is 8.48. The van der Waals surface area contributed by atoms with E-state index in [-0.39, 0.29) is 0 Å². The molecule has 0 atom stereocenters. The van der Waals surface area contributed by atoms with Gasteiger partial charge in [0.1, 0.15) is 5.58 Å². The van der Waals surface area contributed by atoms with Crippen molar-refractivity contribution in [3.8, 4) is 0 Å². The van der Waals surface area contributed by atoms with E-state index in [4.69, 9.17) is 4.42 Å². The normalized spacial score (nSPS) is 12.5. The van der Waals surface area contributed by atoms with Gasteiger partial charge in [0, 0.05) is 24.0 Å². The summed E-state index contributed by atoms with van der Waals surface area (Å²) in [7, 11) is 0.